The molecule has 0 bridgehead atoms. The van der Waals surface area contributed by atoms with Gasteiger partial charge in [0.25, 0.3) is 5.91 Å². The molecule has 2 rings (SSSR count). The maximum atomic E-state index is 12.5. The minimum absolute atomic E-state index is 0.114. The summed E-state index contributed by atoms with van der Waals surface area (Å²) in [5, 5.41) is 2.75. The van der Waals surface area contributed by atoms with Crippen molar-refractivity contribution in [3.8, 4) is 11.8 Å². The molecule has 0 spiro atoms. The molecular formula is C16H19N3O2. The van der Waals surface area contributed by atoms with Crippen LogP contribution in [0.1, 0.15) is 28.4 Å². The van der Waals surface area contributed by atoms with Crippen LogP contribution in [0.3, 0.4) is 0 Å². The summed E-state index contributed by atoms with van der Waals surface area (Å²) in [6.45, 7) is 4.97. The van der Waals surface area contributed by atoms with Crippen molar-refractivity contribution in [3.05, 3.63) is 34.9 Å². The number of nitrogens with one attached hydrogen (secondary N) is 1. The summed E-state index contributed by atoms with van der Waals surface area (Å²) < 4.78 is 0. The van der Waals surface area contributed by atoms with Gasteiger partial charge >= 0.3 is 0 Å². The summed E-state index contributed by atoms with van der Waals surface area (Å²) in [4.78, 5) is 25.8. The summed E-state index contributed by atoms with van der Waals surface area (Å²) >= 11 is 0. The number of amides is 2. The third kappa shape index (κ3) is 3.23. The van der Waals surface area contributed by atoms with Crippen molar-refractivity contribution in [2.45, 2.75) is 19.9 Å². The minimum Gasteiger partial charge on any atom is -0.353 e. The van der Waals surface area contributed by atoms with Crippen LogP contribution in [-0.4, -0.2) is 42.4 Å². The lowest BCUT2D eigenvalue weighted by atomic mass is 10.0. The van der Waals surface area contributed by atoms with Crippen molar-refractivity contribution in [2.24, 2.45) is 5.73 Å². The zero-order valence-electron chi connectivity index (χ0n) is 12.3. The highest BCUT2D eigenvalue weighted by Gasteiger charge is 2.29. The lowest BCUT2D eigenvalue weighted by Crippen LogP contribution is -2.55. The van der Waals surface area contributed by atoms with Gasteiger partial charge in [0.1, 0.15) is 6.04 Å². The van der Waals surface area contributed by atoms with E-state index in [1.54, 1.807) is 17.9 Å². The van der Waals surface area contributed by atoms with Gasteiger partial charge in [-0.3, -0.25) is 9.59 Å². The van der Waals surface area contributed by atoms with E-state index in [0.717, 1.165) is 11.1 Å². The average Bonchev–Trinajstić information content (AvgIpc) is 2.48. The van der Waals surface area contributed by atoms with Crippen LogP contribution < -0.4 is 11.1 Å². The third-order valence-corrected chi connectivity index (χ3v) is 3.56. The normalized spacial score (nSPS) is 17.8. The molecule has 1 unspecified atom stereocenters. The number of rotatable bonds is 1. The first-order valence-corrected chi connectivity index (χ1v) is 6.93. The molecule has 110 valence electrons. The van der Waals surface area contributed by atoms with Crippen molar-refractivity contribution < 1.29 is 9.59 Å². The van der Waals surface area contributed by atoms with Crippen molar-refractivity contribution in [1.82, 2.24) is 10.2 Å². The molecule has 1 aromatic rings. The Balaban J connectivity index is 2.23. The lowest BCUT2D eigenvalue weighted by Gasteiger charge is -2.32. The van der Waals surface area contributed by atoms with Crippen LogP contribution in [-0.2, 0) is 4.79 Å². The van der Waals surface area contributed by atoms with Crippen LogP contribution in [0.25, 0.3) is 0 Å². The first kappa shape index (κ1) is 15.1. The highest BCUT2D eigenvalue weighted by molar-refractivity contribution is 5.98. The molecule has 1 fully saturated rings. The summed E-state index contributed by atoms with van der Waals surface area (Å²) in [7, 11) is 0. The maximum absolute atomic E-state index is 12.5. The predicted octanol–water partition coefficient (Wildman–Crippen LogP) is 0.266. The van der Waals surface area contributed by atoms with Gasteiger partial charge in [-0.1, -0.05) is 11.8 Å². The summed E-state index contributed by atoms with van der Waals surface area (Å²) in [6.07, 6.45) is 0. The molecule has 2 amide bonds. The highest BCUT2D eigenvalue weighted by Crippen LogP contribution is 2.15. The fourth-order valence-electron chi connectivity index (χ4n) is 2.31. The second-order valence-corrected chi connectivity index (χ2v) is 5.00. The Bertz CT molecular complexity index is 628. The Morgan fingerprint density at radius 3 is 2.95 bits per heavy atom. The SMILES string of the molecule is Cc1cc(C(=O)N2CCNC(=O)C2C)ccc1C#CCN. The van der Waals surface area contributed by atoms with Gasteiger partial charge in [0, 0.05) is 24.2 Å². The number of nitrogens with two attached hydrogens (primary N) is 1. The first-order chi connectivity index (χ1) is 10.0. The molecule has 5 nitrogen and oxygen atoms in total. The fourth-order valence-corrected chi connectivity index (χ4v) is 2.31. The Hall–Kier alpha value is -2.32. The van der Waals surface area contributed by atoms with Gasteiger partial charge in [-0.2, -0.15) is 0 Å². The molecule has 0 radical (unpaired) electrons. The smallest absolute Gasteiger partial charge is 0.254 e. The minimum atomic E-state index is -0.441. The number of aryl methyl sites for hydroxylation is 1. The van der Waals surface area contributed by atoms with E-state index in [1.807, 2.05) is 19.1 Å². The molecular weight excluding hydrogens is 266 g/mol. The maximum Gasteiger partial charge on any atom is 0.254 e. The fraction of sp³-hybridized carbons (Fsp3) is 0.375. The van der Waals surface area contributed by atoms with Crippen molar-refractivity contribution in [2.75, 3.05) is 19.6 Å². The van der Waals surface area contributed by atoms with Crippen molar-refractivity contribution in [3.63, 3.8) is 0 Å². The largest absolute Gasteiger partial charge is 0.353 e. The van der Waals surface area contributed by atoms with Crippen molar-refractivity contribution in [1.29, 1.82) is 0 Å². The van der Waals surface area contributed by atoms with E-state index in [0.29, 0.717) is 25.2 Å². The molecule has 21 heavy (non-hydrogen) atoms. The number of nitrogens with zero attached hydrogens (tertiary/aromatic N) is 1. The summed E-state index contributed by atoms with van der Waals surface area (Å²) in [6, 6.07) is 4.93. The van der Waals surface area contributed by atoms with Crippen LogP contribution in [0.2, 0.25) is 0 Å². The van der Waals surface area contributed by atoms with Gasteiger partial charge in [0.05, 0.1) is 6.54 Å². The monoisotopic (exact) mass is 285 g/mol. The molecule has 5 heteroatoms. The number of carbonyl (C=O) groups is 2. The van der Waals surface area contributed by atoms with Gasteiger partial charge in [0.2, 0.25) is 5.91 Å². The molecule has 3 N–H and O–H groups in total. The second-order valence-electron chi connectivity index (χ2n) is 5.00. The van der Waals surface area contributed by atoms with Gasteiger partial charge in [-0.15, -0.1) is 0 Å². The molecule has 0 aliphatic carbocycles. The molecule has 1 aliphatic rings. The second kappa shape index (κ2) is 6.42. The number of benzene rings is 1. The van der Waals surface area contributed by atoms with E-state index in [9.17, 15) is 9.59 Å². The predicted molar refractivity (Wildman–Crippen MR) is 80.6 cm³/mol. The Labute approximate surface area is 124 Å². The number of hydrogen-bond acceptors (Lipinski definition) is 3. The molecule has 0 saturated carbocycles. The molecule has 1 heterocycles. The average molecular weight is 285 g/mol. The Morgan fingerprint density at radius 2 is 2.29 bits per heavy atom. The number of hydrogen-bond donors (Lipinski definition) is 2. The van der Waals surface area contributed by atoms with E-state index in [-0.39, 0.29) is 11.8 Å². The van der Waals surface area contributed by atoms with Gasteiger partial charge in [-0.25, -0.2) is 0 Å². The van der Waals surface area contributed by atoms with E-state index >= 15 is 0 Å². The lowest BCUT2D eigenvalue weighted by molar-refractivity contribution is -0.127. The van der Waals surface area contributed by atoms with E-state index < -0.39 is 6.04 Å². The zero-order chi connectivity index (χ0) is 15.4. The van der Waals surface area contributed by atoms with Crippen LogP contribution in [0.5, 0.6) is 0 Å². The standard InChI is InChI=1S/C16H19N3O2/c1-11-10-14(6-5-13(11)4-3-7-17)16(21)19-9-8-18-15(20)12(19)2/h5-6,10,12H,7-9,17H2,1-2H3,(H,18,20). The number of piperazine rings is 1. The molecule has 1 aromatic carbocycles. The van der Waals surface area contributed by atoms with Crippen LogP contribution in [0.4, 0.5) is 0 Å². The van der Waals surface area contributed by atoms with E-state index in [4.69, 9.17) is 5.73 Å². The van der Waals surface area contributed by atoms with Gasteiger partial charge in [0.15, 0.2) is 0 Å². The molecule has 1 atom stereocenters. The summed E-state index contributed by atoms with van der Waals surface area (Å²) in [5.41, 5.74) is 7.72. The molecule has 0 aromatic heterocycles. The van der Waals surface area contributed by atoms with Crippen LogP contribution in [0.15, 0.2) is 18.2 Å². The van der Waals surface area contributed by atoms with Crippen LogP contribution in [0, 0.1) is 18.8 Å². The van der Waals surface area contributed by atoms with Crippen molar-refractivity contribution >= 4 is 11.8 Å². The Kier molecular flexibility index (Phi) is 4.61. The van der Waals surface area contributed by atoms with E-state index in [2.05, 4.69) is 17.2 Å². The first-order valence-electron chi connectivity index (χ1n) is 6.93. The quantitative estimate of drug-likeness (QED) is 0.727. The van der Waals surface area contributed by atoms with E-state index in [1.165, 1.54) is 0 Å². The van der Waals surface area contributed by atoms with Gasteiger partial charge in [-0.05, 0) is 37.6 Å². The van der Waals surface area contributed by atoms with Crippen LogP contribution >= 0.6 is 0 Å². The number of carbonyl (C=O) groups excluding carboxylic acids is 2. The molecule has 1 aliphatic heterocycles. The van der Waals surface area contributed by atoms with Gasteiger partial charge < -0.3 is 16.0 Å². The highest BCUT2D eigenvalue weighted by atomic mass is 16.2. The third-order valence-electron chi connectivity index (χ3n) is 3.56. The zero-order valence-corrected chi connectivity index (χ0v) is 12.3. The topological polar surface area (TPSA) is 75.4 Å². The molecule has 1 saturated heterocycles. The summed E-state index contributed by atoms with van der Waals surface area (Å²) in [5.74, 6) is 5.53. The Morgan fingerprint density at radius 1 is 1.52 bits per heavy atom.